The highest BCUT2D eigenvalue weighted by molar-refractivity contribution is 5.83. The molecule has 0 atom stereocenters. The van der Waals surface area contributed by atoms with Gasteiger partial charge in [0, 0.05) is 12.8 Å². The number of carbonyl (C=O) groups is 1. The summed E-state index contributed by atoms with van der Waals surface area (Å²) in [4.78, 5) is 10.2. The van der Waals surface area contributed by atoms with Crippen molar-refractivity contribution in [3.8, 4) is 0 Å². The average molecular weight is 134 g/mol. The van der Waals surface area contributed by atoms with Crippen LogP contribution < -0.4 is 0 Å². The van der Waals surface area contributed by atoms with Crippen LogP contribution in [0.25, 0.3) is 0 Å². The zero-order chi connectivity index (χ0) is 7.07. The van der Waals surface area contributed by atoms with Crippen LogP contribution in [0, 0.1) is 5.92 Å². The van der Waals surface area contributed by atoms with Crippen LogP contribution >= 0.6 is 0 Å². The Bertz CT molecular complexity index is 138. The summed E-state index contributed by atoms with van der Waals surface area (Å²) in [7, 11) is 0. The highest BCUT2D eigenvalue weighted by atomic mass is 19.3. The maximum absolute atomic E-state index is 12.4. The molecule has 0 amide bonds. The Hall–Kier alpha value is -0.470. The molecule has 0 unspecified atom stereocenters. The van der Waals surface area contributed by atoms with Crippen molar-refractivity contribution in [3.05, 3.63) is 0 Å². The third-order valence-corrected chi connectivity index (χ3v) is 1.56. The summed E-state index contributed by atoms with van der Waals surface area (Å²) in [5.41, 5.74) is 0. The molecule has 0 aromatic carbocycles. The molecular weight excluding hydrogens is 126 g/mol. The largest absolute Gasteiger partial charge is 0.307 e. The van der Waals surface area contributed by atoms with Gasteiger partial charge in [-0.2, -0.15) is 8.78 Å². The standard InChI is InChI=1S/C6H8F2O/c1-4(9)6(7,8)5-2-3-5/h5H,2-3H2,1H3. The Kier molecular flexibility index (Phi) is 1.30. The maximum atomic E-state index is 12.4. The lowest BCUT2D eigenvalue weighted by atomic mass is 10.1. The van der Waals surface area contributed by atoms with E-state index in [9.17, 15) is 13.6 Å². The van der Waals surface area contributed by atoms with Crippen molar-refractivity contribution < 1.29 is 13.6 Å². The first kappa shape index (κ1) is 6.65. The van der Waals surface area contributed by atoms with E-state index in [-0.39, 0.29) is 0 Å². The quantitative estimate of drug-likeness (QED) is 0.560. The molecule has 0 N–H and O–H groups in total. The van der Waals surface area contributed by atoms with E-state index in [4.69, 9.17) is 0 Å². The molecule has 52 valence electrons. The van der Waals surface area contributed by atoms with Gasteiger partial charge in [0.1, 0.15) is 0 Å². The predicted molar refractivity (Wildman–Crippen MR) is 28.4 cm³/mol. The SMILES string of the molecule is CC(=O)C(F)(F)C1CC1. The van der Waals surface area contributed by atoms with Crippen LogP contribution in [0.3, 0.4) is 0 Å². The Labute approximate surface area is 52.1 Å². The summed E-state index contributed by atoms with van der Waals surface area (Å²) in [6.45, 7) is 0.943. The molecule has 1 saturated carbocycles. The minimum atomic E-state index is -3.03. The van der Waals surface area contributed by atoms with Gasteiger partial charge in [0.05, 0.1) is 0 Å². The van der Waals surface area contributed by atoms with Crippen molar-refractivity contribution >= 4 is 5.78 Å². The second-order valence-electron chi connectivity index (χ2n) is 2.45. The third-order valence-electron chi connectivity index (χ3n) is 1.56. The lowest BCUT2D eigenvalue weighted by Crippen LogP contribution is -2.28. The zero-order valence-electron chi connectivity index (χ0n) is 5.16. The second kappa shape index (κ2) is 1.75. The molecule has 1 aliphatic rings. The number of halogens is 2. The van der Waals surface area contributed by atoms with Gasteiger partial charge in [-0.3, -0.25) is 4.79 Å². The molecule has 3 heteroatoms. The van der Waals surface area contributed by atoms with Crippen molar-refractivity contribution in [1.82, 2.24) is 0 Å². The van der Waals surface area contributed by atoms with Crippen LogP contribution in [0.5, 0.6) is 0 Å². The number of Topliss-reactive ketones (excluding diaryl/α,β-unsaturated/α-hetero) is 1. The third kappa shape index (κ3) is 1.09. The van der Waals surface area contributed by atoms with Gasteiger partial charge in [-0.25, -0.2) is 0 Å². The van der Waals surface area contributed by atoms with Crippen LogP contribution in [-0.2, 0) is 4.79 Å². The van der Waals surface area contributed by atoms with Crippen molar-refractivity contribution in [1.29, 1.82) is 0 Å². The van der Waals surface area contributed by atoms with Gasteiger partial charge in [-0.1, -0.05) is 0 Å². The highest BCUT2D eigenvalue weighted by Crippen LogP contribution is 2.43. The topological polar surface area (TPSA) is 17.1 Å². The summed E-state index contributed by atoms with van der Waals surface area (Å²) >= 11 is 0. The van der Waals surface area contributed by atoms with E-state index in [0.29, 0.717) is 12.8 Å². The van der Waals surface area contributed by atoms with Crippen molar-refractivity contribution in [3.63, 3.8) is 0 Å². The summed E-state index contributed by atoms with van der Waals surface area (Å²) in [6, 6.07) is 0. The maximum Gasteiger partial charge on any atom is 0.307 e. The number of hydrogen-bond donors (Lipinski definition) is 0. The first-order valence-corrected chi connectivity index (χ1v) is 2.94. The molecule has 0 aliphatic heterocycles. The first-order valence-electron chi connectivity index (χ1n) is 2.94. The second-order valence-corrected chi connectivity index (χ2v) is 2.45. The molecule has 0 radical (unpaired) electrons. The van der Waals surface area contributed by atoms with E-state index in [1.807, 2.05) is 0 Å². The Morgan fingerprint density at radius 1 is 1.56 bits per heavy atom. The van der Waals surface area contributed by atoms with E-state index in [1.165, 1.54) is 0 Å². The molecule has 1 fully saturated rings. The molecule has 1 aliphatic carbocycles. The van der Waals surface area contributed by atoms with E-state index < -0.39 is 17.6 Å². The first-order chi connectivity index (χ1) is 4.05. The van der Waals surface area contributed by atoms with Gasteiger partial charge in [-0.05, 0) is 12.8 Å². The molecule has 0 bridgehead atoms. The fourth-order valence-electron chi connectivity index (χ4n) is 0.733. The summed E-state index contributed by atoms with van der Waals surface area (Å²) in [5.74, 6) is -4.67. The van der Waals surface area contributed by atoms with Crippen LogP contribution in [0.15, 0.2) is 0 Å². The Morgan fingerprint density at radius 3 is 2.11 bits per heavy atom. The van der Waals surface area contributed by atoms with E-state index >= 15 is 0 Å². The van der Waals surface area contributed by atoms with Gasteiger partial charge in [-0.15, -0.1) is 0 Å². The molecular formula is C6H8F2O. The Balaban J connectivity index is 2.59. The van der Waals surface area contributed by atoms with E-state index in [0.717, 1.165) is 6.92 Å². The lowest BCUT2D eigenvalue weighted by Gasteiger charge is -2.09. The van der Waals surface area contributed by atoms with Crippen LogP contribution in [0.2, 0.25) is 0 Å². The average Bonchev–Trinajstić information content (AvgIpc) is 2.42. The number of ketones is 1. The van der Waals surface area contributed by atoms with E-state index in [1.54, 1.807) is 0 Å². The molecule has 0 aromatic rings. The fraction of sp³-hybridized carbons (Fsp3) is 0.833. The van der Waals surface area contributed by atoms with Gasteiger partial charge >= 0.3 is 5.92 Å². The Morgan fingerprint density at radius 2 is 2.00 bits per heavy atom. The number of alkyl halides is 2. The van der Waals surface area contributed by atoms with Crippen LogP contribution in [0.1, 0.15) is 19.8 Å². The molecule has 0 spiro atoms. The molecule has 1 rings (SSSR count). The van der Waals surface area contributed by atoms with Crippen LogP contribution in [-0.4, -0.2) is 11.7 Å². The highest BCUT2D eigenvalue weighted by Gasteiger charge is 2.50. The number of carbonyl (C=O) groups excluding carboxylic acids is 1. The summed E-state index contributed by atoms with van der Waals surface area (Å²) in [5, 5.41) is 0. The normalized spacial score (nSPS) is 19.9. The van der Waals surface area contributed by atoms with Gasteiger partial charge in [0.2, 0.25) is 0 Å². The fourth-order valence-corrected chi connectivity index (χ4v) is 0.733. The predicted octanol–water partition coefficient (Wildman–Crippen LogP) is 1.62. The monoisotopic (exact) mass is 134 g/mol. The molecule has 0 saturated heterocycles. The van der Waals surface area contributed by atoms with Crippen molar-refractivity contribution in [2.24, 2.45) is 5.92 Å². The number of hydrogen-bond acceptors (Lipinski definition) is 1. The smallest absolute Gasteiger partial charge is 0.293 e. The zero-order valence-corrected chi connectivity index (χ0v) is 5.16. The van der Waals surface area contributed by atoms with Gasteiger partial charge < -0.3 is 0 Å². The minimum Gasteiger partial charge on any atom is -0.293 e. The van der Waals surface area contributed by atoms with Gasteiger partial charge in [0.15, 0.2) is 5.78 Å². The number of rotatable bonds is 2. The molecule has 0 heterocycles. The van der Waals surface area contributed by atoms with Crippen molar-refractivity contribution in [2.45, 2.75) is 25.7 Å². The van der Waals surface area contributed by atoms with Crippen LogP contribution in [0.4, 0.5) is 8.78 Å². The summed E-state index contributed by atoms with van der Waals surface area (Å²) < 4.78 is 24.8. The van der Waals surface area contributed by atoms with Gasteiger partial charge in [0.25, 0.3) is 0 Å². The van der Waals surface area contributed by atoms with E-state index in [2.05, 4.69) is 0 Å². The summed E-state index contributed by atoms with van der Waals surface area (Å²) in [6.07, 6.45) is 1.01. The molecule has 9 heavy (non-hydrogen) atoms. The molecule has 0 aromatic heterocycles. The lowest BCUT2D eigenvalue weighted by molar-refractivity contribution is -0.143. The molecule has 1 nitrogen and oxygen atoms in total. The minimum absolute atomic E-state index is 0.507. The van der Waals surface area contributed by atoms with Crippen molar-refractivity contribution in [2.75, 3.05) is 0 Å².